The quantitative estimate of drug-likeness (QED) is 0.449. The van der Waals surface area contributed by atoms with Crippen molar-refractivity contribution >= 4 is 18.0 Å². The molecule has 0 fully saturated rings. The number of rotatable bonds is 4. The maximum absolute atomic E-state index is 10.2. The van der Waals surface area contributed by atoms with E-state index in [9.17, 15) is 14.4 Å². The van der Waals surface area contributed by atoms with E-state index in [1.54, 1.807) is 5.32 Å². The van der Waals surface area contributed by atoms with Gasteiger partial charge in [-0.15, -0.1) is 0 Å². The summed E-state index contributed by atoms with van der Waals surface area (Å²) in [5.41, 5.74) is 4.60. The van der Waals surface area contributed by atoms with Crippen LogP contribution in [0.5, 0.6) is 0 Å². The molecule has 0 aliphatic heterocycles. The van der Waals surface area contributed by atoms with Crippen molar-refractivity contribution in [3.63, 3.8) is 0 Å². The van der Waals surface area contributed by atoms with Gasteiger partial charge in [-0.25, -0.2) is 9.59 Å². The molecule has 0 aromatic rings. The van der Waals surface area contributed by atoms with Crippen LogP contribution in [0.3, 0.4) is 0 Å². The van der Waals surface area contributed by atoms with E-state index in [2.05, 4.69) is 5.73 Å². The molecule has 0 saturated heterocycles. The second-order valence-electron chi connectivity index (χ2n) is 2.00. The molecular formula is C5H8N2O5Zn. The van der Waals surface area contributed by atoms with Gasteiger partial charge in [-0.2, -0.15) is 0 Å². The van der Waals surface area contributed by atoms with Gasteiger partial charge in [-0.05, 0) is 0 Å². The van der Waals surface area contributed by atoms with Gasteiger partial charge < -0.3 is 21.3 Å². The van der Waals surface area contributed by atoms with Crippen molar-refractivity contribution in [1.29, 1.82) is 0 Å². The van der Waals surface area contributed by atoms with Crippen LogP contribution in [0.1, 0.15) is 6.42 Å². The minimum atomic E-state index is -1.47. The predicted octanol–water partition coefficient (Wildman–Crippen LogP) is -1.42. The van der Waals surface area contributed by atoms with Crippen molar-refractivity contribution in [2.24, 2.45) is 5.73 Å². The van der Waals surface area contributed by atoms with Crippen LogP contribution in [0.25, 0.3) is 0 Å². The van der Waals surface area contributed by atoms with E-state index >= 15 is 0 Å². The van der Waals surface area contributed by atoms with E-state index in [1.165, 1.54) is 0 Å². The number of nitrogens with two attached hydrogens (primary N) is 1. The van der Waals surface area contributed by atoms with Crippen molar-refractivity contribution in [2.45, 2.75) is 12.5 Å². The number of urea groups is 1. The molecule has 0 spiro atoms. The Morgan fingerprint density at radius 1 is 1.31 bits per heavy atom. The van der Waals surface area contributed by atoms with E-state index in [4.69, 9.17) is 10.2 Å². The van der Waals surface area contributed by atoms with Gasteiger partial charge in [0.15, 0.2) is 0 Å². The molecule has 2 amide bonds. The van der Waals surface area contributed by atoms with Crippen LogP contribution in [0, 0.1) is 0 Å². The van der Waals surface area contributed by atoms with Gasteiger partial charge in [-0.3, -0.25) is 4.79 Å². The first-order valence-corrected chi connectivity index (χ1v) is 2.94. The van der Waals surface area contributed by atoms with Crippen LogP contribution in [-0.4, -0.2) is 34.2 Å². The molecule has 0 aliphatic rings. The van der Waals surface area contributed by atoms with Gasteiger partial charge in [0.05, 0.1) is 6.42 Å². The van der Waals surface area contributed by atoms with E-state index in [-0.39, 0.29) is 19.5 Å². The zero-order chi connectivity index (χ0) is 9.72. The van der Waals surface area contributed by atoms with E-state index in [0.29, 0.717) is 0 Å². The number of carbonyl (C=O) groups excluding carboxylic acids is 1. The Bertz CT molecular complexity index is 203. The fourth-order valence-corrected chi connectivity index (χ4v) is 0.546. The standard InChI is InChI=1S/C5H8N2O5.Zn/c6-5(12)7-2(4(10)11)1-3(8)9;/h2H,1H2,(H,8,9)(H,10,11)(H3,6,7,12);. The third kappa shape index (κ3) is 7.20. The summed E-state index contributed by atoms with van der Waals surface area (Å²) in [5.74, 6) is -2.76. The molecule has 13 heavy (non-hydrogen) atoms. The summed E-state index contributed by atoms with van der Waals surface area (Å²) in [4.78, 5) is 30.4. The summed E-state index contributed by atoms with van der Waals surface area (Å²) in [6.07, 6.45) is -0.696. The molecule has 0 saturated carbocycles. The summed E-state index contributed by atoms with van der Waals surface area (Å²) >= 11 is 0. The fraction of sp³-hybridized carbons (Fsp3) is 0.400. The zero-order valence-electron chi connectivity index (χ0n) is 6.69. The van der Waals surface area contributed by atoms with Crippen molar-refractivity contribution in [2.75, 3.05) is 0 Å². The first kappa shape index (κ1) is 14.4. The number of hydrogen-bond donors (Lipinski definition) is 4. The summed E-state index contributed by atoms with van der Waals surface area (Å²) in [5, 5.41) is 18.3. The molecule has 0 aromatic carbocycles. The predicted molar refractivity (Wildman–Crippen MR) is 36.4 cm³/mol. The van der Waals surface area contributed by atoms with E-state index in [0.717, 1.165) is 0 Å². The zero-order valence-corrected chi connectivity index (χ0v) is 9.66. The summed E-state index contributed by atoms with van der Waals surface area (Å²) in [7, 11) is 0. The Kier molecular flexibility index (Phi) is 7.03. The molecule has 1 unspecified atom stereocenters. The van der Waals surface area contributed by atoms with Crippen molar-refractivity contribution in [3.8, 4) is 0 Å². The van der Waals surface area contributed by atoms with Crippen LogP contribution >= 0.6 is 0 Å². The molecule has 0 rings (SSSR count). The molecule has 0 bridgehead atoms. The number of hydrogen-bond acceptors (Lipinski definition) is 3. The first-order chi connectivity index (χ1) is 5.43. The number of nitrogens with one attached hydrogen (secondary N) is 1. The second-order valence-corrected chi connectivity index (χ2v) is 2.00. The van der Waals surface area contributed by atoms with Crippen LogP contribution in [0.4, 0.5) is 4.79 Å². The maximum Gasteiger partial charge on any atom is 0.326 e. The molecule has 5 N–H and O–H groups in total. The Morgan fingerprint density at radius 2 is 1.77 bits per heavy atom. The van der Waals surface area contributed by atoms with Crippen LogP contribution in [-0.2, 0) is 29.1 Å². The van der Waals surface area contributed by atoms with E-state index in [1.807, 2.05) is 0 Å². The average molecular weight is 242 g/mol. The second kappa shape index (κ2) is 6.36. The summed E-state index contributed by atoms with van der Waals surface area (Å²) in [6.45, 7) is 0. The number of carboxylic acid groups (broad SMARTS) is 2. The van der Waals surface area contributed by atoms with Gasteiger partial charge in [0.2, 0.25) is 0 Å². The fourth-order valence-electron chi connectivity index (χ4n) is 0.546. The SMILES string of the molecule is NC(=O)NC(CC(=O)O)C(=O)O.[Zn]. The molecule has 0 aliphatic carbocycles. The van der Waals surface area contributed by atoms with Crippen molar-refractivity contribution < 1.29 is 44.1 Å². The molecule has 0 aromatic heterocycles. The first-order valence-electron chi connectivity index (χ1n) is 2.94. The molecule has 0 heterocycles. The minimum Gasteiger partial charge on any atom is -0.481 e. The van der Waals surface area contributed by atoms with Crippen LogP contribution < -0.4 is 11.1 Å². The average Bonchev–Trinajstić information content (AvgIpc) is 1.83. The third-order valence-electron chi connectivity index (χ3n) is 0.993. The molecule has 1 atom stereocenters. The molecule has 7 nitrogen and oxygen atoms in total. The minimum absolute atomic E-state index is 0. The Morgan fingerprint density at radius 3 is 2.00 bits per heavy atom. The van der Waals surface area contributed by atoms with Crippen molar-refractivity contribution in [3.05, 3.63) is 0 Å². The molecule has 0 radical (unpaired) electrons. The topological polar surface area (TPSA) is 130 Å². The molecule has 8 heteroatoms. The molecule has 70 valence electrons. The van der Waals surface area contributed by atoms with Gasteiger partial charge in [0.1, 0.15) is 6.04 Å². The normalized spacial score (nSPS) is 10.8. The van der Waals surface area contributed by atoms with Gasteiger partial charge in [0.25, 0.3) is 0 Å². The summed E-state index contributed by atoms with van der Waals surface area (Å²) in [6, 6.07) is -2.54. The van der Waals surface area contributed by atoms with Gasteiger partial charge in [0, 0.05) is 19.5 Å². The molecular weight excluding hydrogens is 233 g/mol. The monoisotopic (exact) mass is 240 g/mol. The summed E-state index contributed by atoms with van der Waals surface area (Å²) < 4.78 is 0. The largest absolute Gasteiger partial charge is 0.481 e. The number of carboxylic acids is 2. The van der Waals surface area contributed by atoms with Crippen molar-refractivity contribution in [1.82, 2.24) is 5.32 Å². The Hall–Kier alpha value is -1.17. The maximum atomic E-state index is 10.2. The number of aliphatic carboxylic acids is 2. The van der Waals surface area contributed by atoms with Gasteiger partial charge in [-0.1, -0.05) is 0 Å². The number of amides is 2. The number of primary amides is 1. The Balaban J connectivity index is 0. The smallest absolute Gasteiger partial charge is 0.326 e. The van der Waals surface area contributed by atoms with Crippen LogP contribution in [0.15, 0.2) is 0 Å². The van der Waals surface area contributed by atoms with E-state index < -0.39 is 30.4 Å². The van der Waals surface area contributed by atoms with Gasteiger partial charge >= 0.3 is 18.0 Å². The Labute approximate surface area is 86.0 Å². The third-order valence-corrected chi connectivity index (χ3v) is 0.993. The number of carbonyl (C=O) groups is 3. The van der Waals surface area contributed by atoms with Crippen LogP contribution in [0.2, 0.25) is 0 Å².